The van der Waals surface area contributed by atoms with E-state index in [9.17, 15) is 4.79 Å². The molecule has 1 atom stereocenters. The second-order valence-corrected chi connectivity index (χ2v) is 5.71. The summed E-state index contributed by atoms with van der Waals surface area (Å²) < 4.78 is 0. The van der Waals surface area contributed by atoms with Gasteiger partial charge in [0.15, 0.2) is 6.19 Å². The van der Waals surface area contributed by atoms with Gasteiger partial charge in [0.1, 0.15) is 5.69 Å². The van der Waals surface area contributed by atoms with Crippen LogP contribution in [0.5, 0.6) is 0 Å². The van der Waals surface area contributed by atoms with Crippen LogP contribution in [0.3, 0.4) is 0 Å². The first-order valence-electron chi connectivity index (χ1n) is 7.70. The summed E-state index contributed by atoms with van der Waals surface area (Å²) >= 11 is 0. The molecule has 5 heteroatoms. The maximum atomic E-state index is 12.1. The summed E-state index contributed by atoms with van der Waals surface area (Å²) in [6.07, 6.45) is 4.80. The van der Waals surface area contributed by atoms with Crippen LogP contribution in [0.4, 0.5) is 0 Å². The monoisotopic (exact) mass is 306 g/mol. The van der Waals surface area contributed by atoms with Gasteiger partial charge in [-0.1, -0.05) is 36.4 Å². The Morgan fingerprint density at radius 2 is 2.09 bits per heavy atom. The molecule has 116 valence electrons. The molecule has 3 rings (SSSR count). The molecule has 0 spiro atoms. The van der Waals surface area contributed by atoms with Crippen LogP contribution in [0.1, 0.15) is 16.9 Å². The van der Waals surface area contributed by atoms with Crippen molar-refractivity contribution >= 4 is 5.91 Å². The molecule has 0 saturated carbocycles. The number of benzene rings is 1. The van der Waals surface area contributed by atoms with Gasteiger partial charge in [0.2, 0.25) is 0 Å². The maximum absolute atomic E-state index is 12.1. The van der Waals surface area contributed by atoms with E-state index in [1.54, 1.807) is 17.2 Å². The highest BCUT2D eigenvalue weighted by Gasteiger charge is 2.22. The molecule has 1 aliphatic heterocycles. The van der Waals surface area contributed by atoms with Crippen molar-refractivity contribution in [1.82, 2.24) is 15.2 Å². The predicted octanol–water partition coefficient (Wildman–Crippen LogP) is 2.28. The molecule has 5 nitrogen and oxygen atoms in total. The Morgan fingerprint density at radius 3 is 2.74 bits per heavy atom. The van der Waals surface area contributed by atoms with Gasteiger partial charge in [0, 0.05) is 31.4 Å². The van der Waals surface area contributed by atoms with E-state index < -0.39 is 0 Å². The zero-order valence-corrected chi connectivity index (χ0v) is 12.8. The van der Waals surface area contributed by atoms with Crippen LogP contribution < -0.4 is 5.32 Å². The Labute approximate surface area is 135 Å². The number of likely N-dealkylation sites (tertiary alicyclic amines) is 1. The molecule has 1 aromatic carbocycles. The minimum absolute atomic E-state index is 0.167. The average Bonchev–Trinajstić information content (AvgIpc) is 3.09. The molecule has 1 fully saturated rings. The fourth-order valence-electron chi connectivity index (χ4n) is 2.75. The SMILES string of the molecule is N#CN1CCC(CNC(=O)c2ccc(-c3ccccc3)cn2)C1. The largest absolute Gasteiger partial charge is 0.350 e. The van der Waals surface area contributed by atoms with E-state index in [4.69, 9.17) is 5.26 Å². The van der Waals surface area contributed by atoms with E-state index in [0.29, 0.717) is 18.2 Å². The van der Waals surface area contributed by atoms with Crippen molar-refractivity contribution in [2.45, 2.75) is 6.42 Å². The summed E-state index contributed by atoms with van der Waals surface area (Å²) in [5.41, 5.74) is 2.48. The van der Waals surface area contributed by atoms with Crippen molar-refractivity contribution in [3.8, 4) is 17.3 Å². The van der Waals surface area contributed by atoms with Crippen LogP contribution in [0.15, 0.2) is 48.7 Å². The molecule has 2 heterocycles. The van der Waals surface area contributed by atoms with E-state index in [1.807, 2.05) is 36.4 Å². The number of hydrogen-bond donors (Lipinski definition) is 1. The highest BCUT2D eigenvalue weighted by Crippen LogP contribution is 2.18. The molecule has 1 unspecified atom stereocenters. The summed E-state index contributed by atoms with van der Waals surface area (Å²) in [4.78, 5) is 18.1. The first kappa shape index (κ1) is 15.0. The number of nitriles is 1. The quantitative estimate of drug-likeness (QED) is 0.880. The third-order valence-electron chi connectivity index (χ3n) is 4.08. The maximum Gasteiger partial charge on any atom is 0.269 e. The fraction of sp³-hybridized carbons (Fsp3) is 0.278. The number of amides is 1. The molecular weight excluding hydrogens is 288 g/mol. The molecule has 1 saturated heterocycles. The molecule has 1 amide bonds. The Bertz CT molecular complexity index is 706. The van der Waals surface area contributed by atoms with Crippen molar-refractivity contribution in [3.05, 3.63) is 54.4 Å². The molecule has 23 heavy (non-hydrogen) atoms. The van der Waals surface area contributed by atoms with Gasteiger partial charge in [-0.2, -0.15) is 5.26 Å². The van der Waals surface area contributed by atoms with Gasteiger partial charge in [0.05, 0.1) is 0 Å². The normalized spacial score (nSPS) is 16.8. The molecule has 0 bridgehead atoms. The Balaban J connectivity index is 1.57. The van der Waals surface area contributed by atoms with Gasteiger partial charge >= 0.3 is 0 Å². The second kappa shape index (κ2) is 6.93. The van der Waals surface area contributed by atoms with Gasteiger partial charge in [-0.15, -0.1) is 0 Å². The first-order chi connectivity index (χ1) is 11.3. The molecule has 0 aliphatic carbocycles. The summed E-state index contributed by atoms with van der Waals surface area (Å²) in [5.74, 6) is 0.169. The number of carbonyl (C=O) groups is 1. The van der Waals surface area contributed by atoms with Crippen molar-refractivity contribution < 1.29 is 4.79 Å². The molecule has 1 aromatic heterocycles. The fourth-order valence-corrected chi connectivity index (χ4v) is 2.75. The number of aromatic nitrogens is 1. The van der Waals surface area contributed by atoms with Crippen molar-refractivity contribution in [3.63, 3.8) is 0 Å². The van der Waals surface area contributed by atoms with Gasteiger partial charge in [-0.05, 0) is 24.0 Å². The van der Waals surface area contributed by atoms with E-state index >= 15 is 0 Å². The van der Waals surface area contributed by atoms with Crippen LogP contribution in [0.25, 0.3) is 11.1 Å². The number of nitrogens with one attached hydrogen (secondary N) is 1. The molecular formula is C18H18N4O. The lowest BCUT2D eigenvalue weighted by Crippen LogP contribution is -2.30. The lowest BCUT2D eigenvalue weighted by molar-refractivity contribution is 0.0943. The van der Waals surface area contributed by atoms with Crippen LogP contribution in [0, 0.1) is 17.4 Å². The number of pyridine rings is 1. The summed E-state index contributed by atoms with van der Waals surface area (Å²) in [5, 5.41) is 11.7. The van der Waals surface area contributed by atoms with Gasteiger partial charge in [-0.3, -0.25) is 9.78 Å². The Hall–Kier alpha value is -2.87. The van der Waals surface area contributed by atoms with Crippen LogP contribution in [0.2, 0.25) is 0 Å². The second-order valence-electron chi connectivity index (χ2n) is 5.71. The van der Waals surface area contributed by atoms with Gasteiger partial charge < -0.3 is 10.2 Å². The van der Waals surface area contributed by atoms with E-state index in [-0.39, 0.29) is 5.91 Å². The summed E-state index contributed by atoms with van der Waals surface area (Å²) in [6, 6.07) is 13.6. The highest BCUT2D eigenvalue weighted by molar-refractivity contribution is 5.92. The van der Waals surface area contributed by atoms with Gasteiger partial charge in [-0.25, -0.2) is 0 Å². The van der Waals surface area contributed by atoms with Crippen LogP contribution in [-0.2, 0) is 0 Å². The Morgan fingerprint density at radius 1 is 1.26 bits per heavy atom. The Kier molecular flexibility index (Phi) is 4.53. The number of hydrogen-bond acceptors (Lipinski definition) is 4. The molecule has 2 aromatic rings. The lowest BCUT2D eigenvalue weighted by Gasteiger charge is -2.11. The minimum atomic E-state index is -0.167. The zero-order chi connectivity index (χ0) is 16.1. The summed E-state index contributed by atoms with van der Waals surface area (Å²) in [7, 11) is 0. The number of rotatable bonds is 4. The minimum Gasteiger partial charge on any atom is -0.350 e. The van der Waals surface area contributed by atoms with Crippen molar-refractivity contribution in [1.29, 1.82) is 5.26 Å². The van der Waals surface area contributed by atoms with Crippen LogP contribution >= 0.6 is 0 Å². The third kappa shape index (κ3) is 3.67. The summed E-state index contributed by atoms with van der Waals surface area (Å²) in [6.45, 7) is 2.08. The van der Waals surface area contributed by atoms with Crippen molar-refractivity contribution in [2.24, 2.45) is 5.92 Å². The van der Waals surface area contributed by atoms with Crippen molar-refractivity contribution in [2.75, 3.05) is 19.6 Å². The molecule has 1 N–H and O–H groups in total. The highest BCUT2D eigenvalue weighted by atomic mass is 16.1. The molecule has 1 aliphatic rings. The number of carbonyl (C=O) groups excluding carboxylic acids is 1. The van der Waals surface area contributed by atoms with Gasteiger partial charge in [0.25, 0.3) is 5.91 Å². The smallest absolute Gasteiger partial charge is 0.269 e. The van der Waals surface area contributed by atoms with E-state index in [2.05, 4.69) is 16.5 Å². The van der Waals surface area contributed by atoms with Crippen LogP contribution in [-0.4, -0.2) is 35.4 Å². The van der Waals surface area contributed by atoms with E-state index in [0.717, 1.165) is 30.6 Å². The first-order valence-corrected chi connectivity index (χ1v) is 7.70. The average molecular weight is 306 g/mol. The lowest BCUT2D eigenvalue weighted by atomic mass is 10.1. The predicted molar refractivity (Wildman–Crippen MR) is 87.3 cm³/mol. The number of nitrogens with zero attached hydrogens (tertiary/aromatic N) is 3. The third-order valence-corrected chi connectivity index (χ3v) is 4.08. The zero-order valence-electron chi connectivity index (χ0n) is 12.8. The topological polar surface area (TPSA) is 69.0 Å². The standard InChI is InChI=1S/C18H18N4O/c19-13-22-9-8-14(12-22)10-21-18(23)17-7-6-16(11-20-17)15-4-2-1-3-5-15/h1-7,11,14H,8-10,12H2,(H,21,23). The van der Waals surface area contributed by atoms with E-state index in [1.165, 1.54) is 0 Å². The molecule has 0 radical (unpaired) electrons.